The molecule has 0 aliphatic carbocycles. The molecule has 0 aliphatic rings. The van der Waals surface area contributed by atoms with Gasteiger partial charge in [-0.25, -0.2) is 13.8 Å². The summed E-state index contributed by atoms with van der Waals surface area (Å²) >= 11 is 0. The van der Waals surface area contributed by atoms with E-state index in [1.807, 2.05) is 6.92 Å². The Morgan fingerprint density at radius 3 is 2.67 bits per heavy atom. The highest BCUT2D eigenvalue weighted by Gasteiger charge is 2.16. The molecule has 0 bridgehead atoms. The molecule has 1 aromatic carbocycles. The summed E-state index contributed by atoms with van der Waals surface area (Å²) in [6.45, 7) is 1.79. The molecular weight excluding hydrogens is 238 g/mol. The van der Waals surface area contributed by atoms with Crippen molar-refractivity contribution in [2.45, 2.75) is 13.3 Å². The summed E-state index contributed by atoms with van der Waals surface area (Å²) in [5, 5.41) is 8.93. The number of hydrogen-bond donors (Lipinski definition) is 1. The number of aliphatic hydroxyl groups is 1. The Balaban J connectivity index is 2.53. The zero-order valence-corrected chi connectivity index (χ0v) is 10.2. The van der Waals surface area contributed by atoms with Gasteiger partial charge in [0.2, 0.25) is 0 Å². The summed E-state index contributed by atoms with van der Waals surface area (Å²) in [6, 6.07) is 3.43. The Bertz CT molecular complexity index is 579. The highest BCUT2D eigenvalue weighted by molar-refractivity contribution is 5.63. The number of hydrogen-bond acceptors (Lipinski definition) is 2. The van der Waals surface area contributed by atoms with Crippen molar-refractivity contribution in [3.05, 3.63) is 41.4 Å². The number of rotatable bonds is 3. The molecule has 0 saturated carbocycles. The predicted octanol–water partition coefficient (Wildman–Crippen LogP) is 2.21. The lowest BCUT2D eigenvalue weighted by Gasteiger charge is -2.02. The van der Waals surface area contributed by atoms with E-state index in [4.69, 9.17) is 5.11 Å². The lowest BCUT2D eigenvalue weighted by atomic mass is 10.1. The Morgan fingerprint density at radius 2 is 2.06 bits per heavy atom. The van der Waals surface area contributed by atoms with Crippen molar-refractivity contribution in [2.24, 2.45) is 7.05 Å². The molecule has 0 amide bonds. The van der Waals surface area contributed by atoms with Crippen LogP contribution in [0.2, 0.25) is 0 Å². The fourth-order valence-electron chi connectivity index (χ4n) is 1.90. The average Bonchev–Trinajstić information content (AvgIpc) is 2.58. The molecule has 1 heterocycles. The van der Waals surface area contributed by atoms with Gasteiger partial charge in [-0.05, 0) is 19.1 Å². The van der Waals surface area contributed by atoms with Crippen LogP contribution >= 0.6 is 0 Å². The minimum Gasteiger partial charge on any atom is -0.396 e. The first kappa shape index (κ1) is 12.7. The summed E-state index contributed by atoms with van der Waals surface area (Å²) < 4.78 is 28.4. The fourth-order valence-corrected chi connectivity index (χ4v) is 1.90. The van der Waals surface area contributed by atoms with Gasteiger partial charge in [-0.15, -0.1) is 0 Å². The standard InChI is InChI=1S/C13H14F2N2O/c1-8-13(16-12(5-6-18)17(8)2)10-4-3-9(14)7-11(10)15/h3-4,7,18H,5-6H2,1-2H3. The topological polar surface area (TPSA) is 38.1 Å². The van der Waals surface area contributed by atoms with Gasteiger partial charge in [0.25, 0.3) is 0 Å². The van der Waals surface area contributed by atoms with Crippen molar-refractivity contribution in [1.82, 2.24) is 9.55 Å². The van der Waals surface area contributed by atoms with Crippen molar-refractivity contribution in [1.29, 1.82) is 0 Å². The van der Waals surface area contributed by atoms with Gasteiger partial charge in [0.15, 0.2) is 0 Å². The predicted molar refractivity (Wildman–Crippen MR) is 64.1 cm³/mol. The Kier molecular flexibility index (Phi) is 3.43. The minimum atomic E-state index is -0.633. The second-order valence-corrected chi connectivity index (χ2v) is 4.12. The van der Waals surface area contributed by atoms with Crippen LogP contribution in [0.4, 0.5) is 8.78 Å². The molecule has 18 heavy (non-hydrogen) atoms. The number of nitrogens with zero attached hydrogens (tertiary/aromatic N) is 2. The third-order valence-corrected chi connectivity index (χ3v) is 3.00. The Hall–Kier alpha value is -1.75. The molecule has 5 heteroatoms. The maximum Gasteiger partial charge on any atom is 0.135 e. The first-order valence-electron chi connectivity index (χ1n) is 5.63. The highest BCUT2D eigenvalue weighted by Crippen LogP contribution is 2.26. The van der Waals surface area contributed by atoms with Gasteiger partial charge in [-0.1, -0.05) is 0 Å². The first-order valence-corrected chi connectivity index (χ1v) is 5.63. The molecule has 1 aromatic heterocycles. The van der Waals surface area contributed by atoms with Gasteiger partial charge in [0.05, 0.1) is 12.3 Å². The van der Waals surface area contributed by atoms with Crippen LogP contribution in [0, 0.1) is 18.6 Å². The van der Waals surface area contributed by atoms with Gasteiger partial charge in [-0.2, -0.15) is 0 Å². The normalized spacial score (nSPS) is 10.9. The molecule has 96 valence electrons. The van der Waals surface area contributed by atoms with E-state index in [-0.39, 0.29) is 12.2 Å². The molecule has 0 aliphatic heterocycles. The van der Waals surface area contributed by atoms with E-state index in [1.165, 1.54) is 12.1 Å². The molecular formula is C13H14F2N2O. The lowest BCUT2D eigenvalue weighted by Crippen LogP contribution is -2.01. The van der Waals surface area contributed by atoms with Crippen LogP contribution in [0.5, 0.6) is 0 Å². The van der Waals surface area contributed by atoms with Crippen molar-refractivity contribution >= 4 is 0 Å². The van der Waals surface area contributed by atoms with Crippen LogP contribution in [0.15, 0.2) is 18.2 Å². The molecule has 0 saturated heterocycles. The number of imidazole rings is 1. The molecule has 0 atom stereocenters. The van der Waals surface area contributed by atoms with Gasteiger partial charge in [-0.3, -0.25) is 0 Å². The zero-order valence-electron chi connectivity index (χ0n) is 10.2. The Labute approximate surface area is 104 Å². The molecule has 3 nitrogen and oxygen atoms in total. The summed E-state index contributed by atoms with van der Waals surface area (Å²) in [5.41, 5.74) is 1.54. The lowest BCUT2D eigenvalue weighted by molar-refractivity contribution is 0.295. The van der Waals surface area contributed by atoms with E-state index in [0.717, 1.165) is 11.8 Å². The molecule has 1 N–H and O–H groups in total. The molecule has 2 rings (SSSR count). The number of benzene rings is 1. The SMILES string of the molecule is Cc1c(-c2ccc(F)cc2F)nc(CCO)n1C. The molecule has 2 aromatic rings. The van der Waals surface area contributed by atoms with Gasteiger partial charge >= 0.3 is 0 Å². The van der Waals surface area contributed by atoms with Crippen molar-refractivity contribution in [3.63, 3.8) is 0 Å². The zero-order chi connectivity index (χ0) is 13.3. The third kappa shape index (κ3) is 2.13. The highest BCUT2D eigenvalue weighted by atomic mass is 19.1. The van der Waals surface area contributed by atoms with E-state index < -0.39 is 11.6 Å². The largest absolute Gasteiger partial charge is 0.396 e. The smallest absolute Gasteiger partial charge is 0.135 e. The van der Waals surface area contributed by atoms with E-state index in [1.54, 1.807) is 11.6 Å². The van der Waals surface area contributed by atoms with E-state index in [0.29, 0.717) is 17.9 Å². The van der Waals surface area contributed by atoms with Gasteiger partial charge in [0.1, 0.15) is 17.5 Å². The maximum absolute atomic E-state index is 13.7. The van der Waals surface area contributed by atoms with Crippen LogP contribution in [0.3, 0.4) is 0 Å². The van der Waals surface area contributed by atoms with Gasteiger partial charge < -0.3 is 9.67 Å². The quantitative estimate of drug-likeness (QED) is 0.909. The molecule has 0 unspecified atom stereocenters. The van der Waals surface area contributed by atoms with E-state index in [9.17, 15) is 8.78 Å². The number of halogens is 2. The van der Waals surface area contributed by atoms with Crippen LogP contribution in [0.1, 0.15) is 11.5 Å². The van der Waals surface area contributed by atoms with E-state index in [2.05, 4.69) is 4.98 Å². The maximum atomic E-state index is 13.7. The molecule has 0 spiro atoms. The van der Waals surface area contributed by atoms with Crippen molar-refractivity contribution in [2.75, 3.05) is 6.61 Å². The second kappa shape index (κ2) is 4.86. The monoisotopic (exact) mass is 252 g/mol. The van der Waals surface area contributed by atoms with E-state index >= 15 is 0 Å². The summed E-state index contributed by atoms with van der Waals surface area (Å²) in [5.74, 6) is -0.569. The third-order valence-electron chi connectivity index (χ3n) is 3.00. The summed E-state index contributed by atoms with van der Waals surface area (Å²) in [6.07, 6.45) is 0.403. The van der Waals surface area contributed by atoms with Crippen LogP contribution < -0.4 is 0 Å². The average molecular weight is 252 g/mol. The van der Waals surface area contributed by atoms with Crippen LogP contribution in [-0.2, 0) is 13.5 Å². The number of aromatic nitrogens is 2. The minimum absolute atomic E-state index is 0.0182. The fraction of sp³-hybridized carbons (Fsp3) is 0.308. The molecule has 0 radical (unpaired) electrons. The van der Waals surface area contributed by atoms with Gasteiger partial charge in [0, 0.05) is 30.8 Å². The van der Waals surface area contributed by atoms with Crippen LogP contribution in [-0.4, -0.2) is 21.3 Å². The molecule has 0 fully saturated rings. The van der Waals surface area contributed by atoms with Crippen molar-refractivity contribution < 1.29 is 13.9 Å². The van der Waals surface area contributed by atoms with Crippen LogP contribution in [0.25, 0.3) is 11.3 Å². The van der Waals surface area contributed by atoms with Crippen molar-refractivity contribution in [3.8, 4) is 11.3 Å². The number of aliphatic hydroxyl groups excluding tert-OH is 1. The summed E-state index contributed by atoms with van der Waals surface area (Å²) in [4.78, 5) is 4.30. The second-order valence-electron chi connectivity index (χ2n) is 4.12. The summed E-state index contributed by atoms with van der Waals surface area (Å²) in [7, 11) is 1.80. The first-order chi connectivity index (χ1) is 8.54. The Morgan fingerprint density at radius 1 is 1.33 bits per heavy atom.